The summed E-state index contributed by atoms with van der Waals surface area (Å²) in [7, 11) is -6.80. The first-order valence-electron chi connectivity index (χ1n) is 3.44. The molecule has 0 aromatic heterocycles. The second-order valence-corrected chi connectivity index (χ2v) is 6.74. The number of sulfone groups is 1. The van der Waals surface area contributed by atoms with Crippen molar-refractivity contribution in [3.63, 3.8) is 0 Å². The summed E-state index contributed by atoms with van der Waals surface area (Å²) in [5.41, 5.74) is 0. The van der Waals surface area contributed by atoms with Gasteiger partial charge in [-0.2, -0.15) is 8.42 Å². The molecule has 1 heterocycles. The van der Waals surface area contributed by atoms with Gasteiger partial charge >= 0.3 is 0 Å². The third-order valence-corrected chi connectivity index (χ3v) is 4.47. The second-order valence-electron chi connectivity index (χ2n) is 3.02. The summed E-state index contributed by atoms with van der Waals surface area (Å²) in [5.74, 6) is -0.310. The molecule has 0 atom stereocenters. The van der Waals surface area contributed by atoms with E-state index in [0.717, 1.165) is 0 Å². The Bertz CT molecular complexity index is 339. The normalized spacial score (nSPS) is 23.4. The van der Waals surface area contributed by atoms with E-state index in [0.29, 0.717) is 0 Å². The van der Waals surface area contributed by atoms with Gasteiger partial charge in [0.15, 0.2) is 9.84 Å². The van der Waals surface area contributed by atoms with Crippen molar-refractivity contribution >= 4 is 20.0 Å². The molecule has 0 aromatic carbocycles. The lowest BCUT2D eigenvalue weighted by atomic mass is 10.1. The zero-order chi connectivity index (χ0) is 9.41. The summed E-state index contributed by atoms with van der Waals surface area (Å²) in [6, 6.07) is 0. The van der Waals surface area contributed by atoms with Gasteiger partial charge in [-0.1, -0.05) is 0 Å². The third-order valence-electron chi connectivity index (χ3n) is 1.76. The molecule has 1 fully saturated rings. The maximum Gasteiger partial charge on any atom is 0.264 e. The van der Waals surface area contributed by atoms with Crippen LogP contribution in [-0.2, 0) is 20.0 Å². The third kappa shape index (κ3) is 3.08. The molecule has 1 saturated heterocycles. The van der Waals surface area contributed by atoms with Crippen LogP contribution in [0, 0.1) is 5.92 Å². The molecule has 0 saturated carbocycles. The molecule has 12 heavy (non-hydrogen) atoms. The molecule has 0 spiro atoms. The fourth-order valence-corrected chi connectivity index (χ4v) is 3.46. The van der Waals surface area contributed by atoms with Gasteiger partial charge in [0, 0.05) is 0 Å². The number of rotatable bonds is 3. The van der Waals surface area contributed by atoms with Gasteiger partial charge in [-0.3, -0.25) is 4.55 Å². The van der Waals surface area contributed by atoms with Gasteiger partial charge in [-0.25, -0.2) is 8.42 Å². The highest BCUT2D eigenvalue weighted by molar-refractivity contribution is 7.92. The second kappa shape index (κ2) is 2.97. The topological polar surface area (TPSA) is 88.5 Å². The Morgan fingerprint density at radius 3 is 2.17 bits per heavy atom. The van der Waals surface area contributed by atoms with E-state index in [1.54, 1.807) is 0 Å². The number of hydrogen-bond donors (Lipinski definition) is 1. The molecule has 0 amide bonds. The van der Waals surface area contributed by atoms with Crippen LogP contribution in [0.25, 0.3) is 0 Å². The summed E-state index contributed by atoms with van der Waals surface area (Å²) in [6.45, 7) is 0. The summed E-state index contributed by atoms with van der Waals surface area (Å²) < 4.78 is 50.0. The minimum atomic E-state index is -3.93. The van der Waals surface area contributed by atoms with Crippen molar-refractivity contribution in [1.29, 1.82) is 0 Å². The molecule has 1 aliphatic rings. The van der Waals surface area contributed by atoms with E-state index in [9.17, 15) is 16.8 Å². The van der Waals surface area contributed by atoms with E-state index in [4.69, 9.17) is 4.55 Å². The van der Waals surface area contributed by atoms with Crippen LogP contribution in [-0.4, -0.2) is 38.6 Å². The summed E-state index contributed by atoms with van der Waals surface area (Å²) in [4.78, 5) is 0. The number of hydrogen-bond acceptors (Lipinski definition) is 4. The van der Waals surface area contributed by atoms with Crippen molar-refractivity contribution in [2.24, 2.45) is 5.92 Å². The molecular formula is C5H10O5S2. The maximum absolute atomic E-state index is 10.6. The van der Waals surface area contributed by atoms with Crippen molar-refractivity contribution in [3.05, 3.63) is 0 Å². The Hall–Kier alpha value is -0.140. The molecule has 7 heteroatoms. The average Bonchev–Trinajstić information content (AvgIpc) is 1.76. The Kier molecular flexibility index (Phi) is 2.46. The average molecular weight is 214 g/mol. The van der Waals surface area contributed by atoms with E-state index in [-0.39, 0.29) is 29.6 Å². The fraction of sp³-hybridized carbons (Fsp3) is 1.00. The van der Waals surface area contributed by atoms with Gasteiger partial charge in [-0.15, -0.1) is 0 Å². The van der Waals surface area contributed by atoms with Crippen LogP contribution in [0.15, 0.2) is 0 Å². The molecule has 72 valence electrons. The highest BCUT2D eigenvalue weighted by atomic mass is 32.2. The Morgan fingerprint density at radius 2 is 1.83 bits per heavy atom. The lowest BCUT2D eigenvalue weighted by Gasteiger charge is -2.24. The summed E-state index contributed by atoms with van der Waals surface area (Å²) in [6.07, 6.45) is 0.234. The van der Waals surface area contributed by atoms with Gasteiger partial charge in [0.2, 0.25) is 0 Å². The smallest absolute Gasteiger partial charge is 0.264 e. The van der Waals surface area contributed by atoms with Gasteiger partial charge < -0.3 is 0 Å². The first-order valence-corrected chi connectivity index (χ1v) is 6.87. The monoisotopic (exact) mass is 214 g/mol. The van der Waals surface area contributed by atoms with Crippen molar-refractivity contribution in [2.45, 2.75) is 6.42 Å². The Balaban J connectivity index is 2.30. The zero-order valence-corrected chi connectivity index (χ0v) is 7.94. The molecule has 5 nitrogen and oxygen atoms in total. The van der Waals surface area contributed by atoms with Crippen molar-refractivity contribution in [1.82, 2.24) is 0 Å². The van der Waals surface area contributed by atoms with Crippen molar-refractivity contribution < 1.29 is 21.4 Å². The van der Waals surface area contributed by atoms with E-state index >= 15 is 0 Å². The predicted molar refractivity (Wildman–Crippen MR) is 43.2 cm³/mol. The van der Waals surface area contributed by atoms with Crippen LogP contribution in [0.2, 0.25) is 0 Å². The van der Waals surface area contributed by atoms with Gasteiger partial charge in [0.25, 0.3) is 10.1 Å². The zero-order valence-electron chi connectivity index (χ0n) is 6.30. The highest BCUT2D eigenvalue weighted by Gasteiger charge is 2.33. The molecule has 1 rings (SSSR count). The highest BCUT2D eigenvalue weighted by Crippen LogP contribution is 2.21. The SMILES string of the molecule is O=S(=O)(O)CCC1CS(=O)(=O)C1. The molecule has 1 N–H and O–H groups in total. The molecule has 0 radical (unpaired) electrons. The summed E-state index contributed by atoms with van der Waals surface area (Å²) >= 11 is 0. The molecule has 0 aliphatic carbocycles. The maximum atomic E-state index is 10.6. The lowest BCUT2D eigenvalue weighted by Crippen LogP contribution is -2.37. The Labute approximate surface area is 71.4 Å². The first kappa shape index (κ1) is 9.94. The summed E-state index contributed by atoms with van der Waals surface area (Å²) in [5, 5.41) is 0. The van der Waals surface area contributed by atoms with Crippen molar-refractivity contribution in [3.8, 4) is 0 Å². The minimum Gasteiger partial charge on any atom is -0.286 e. The van der Waals surface area contributed by atoms with Gasteiger partial charge in [-0.05, 0) is 12.3 Å². The molecule has 0 aromatic rings. The quantitative estimate of drug-likeness (QED) is 0.628. The fourth-order valence-electron chi connectivity index (χ4n) is 1.15. The van der Waals surface area contributed by atoms with E-state index in [1.165, 1.54) is 0 Å². The molecule has 0 bridgehead atoms. The standard InChI is InChI=1S/C5H10O5S2/c6-11(7)3-5(4-11)1-2-12(8,9)10/h5H,1-4H2,(H,8,9,10). The van der Waals surface area contributed by atoms with E-state index in [1.807, 2.05) is 0 Å². The molecule has 0 unspecified atom stereocenters. The van der Waals surface area contributed by atoms with Crippen molar-refractivity contribution in [2.75, 3.05) is 17.3 Å². The van der Waals surface area contributed by atoms with Crippen LogP contribution >= 0.6 is 0 Å². The van der Waals surface area contributed by atoms with Gasteiger partial charge in [0.05, 0.1) is 17.3 Å². The van der Waals surface area contributed by atoms with Crippen LogP contribution < -0.4 is 0 Å². The minimum absolute atomic E-state index is 0.0581. The molecular weight excluding hydrogens is 204 g/mol. The predicted octanol–water partition coefficient (Wildman–Crippen LogP) is -0.691. The van der Waals surface area contributed by atoms with E-state index in [2.05, 4.69) is 0 Å². The van der Waals surface area contributed by atoms with E-state index < -0.39 is 20.0 Å². The van der Waals surface area contributed by atoms with Crippen LogP contribution in [0.1, 0.15) is 6.42 Å². The lowest BCUT2D eigenvalue weighted by molar-refractivity contribution is 0.465. The molecule has 1 aliphatic heterocycles. The van der Waals surface area contributed by atoms with Crippen LogP contribution in [0.4, 0.5) is 0 Å². The van der Waals surface area contributed by atoms with Crippen LogP contribution in [0.5, 0.6) is 0 Å². The van der Waals surface area contributed by atoms with Crippen LogP contribution in [0.3, 0.4) is 0 Å². The van der Waals surface area contributed by atoms with Gasteiger partial charge in [0.1, 0.15) is 0 Å². The Morgan fingerprint density at radius 1 is 1.33 bits per heavy atom. The largest absolute Gasteiger partial charge is 0.286 e. The first-order chi connectivity index (χ1) is 5.29.